The molecule has 13 heteroatoms. The molecule has 3 amide bonds. The summed E-state index contributed by atoms with van der Waals surface area (Å²) in [7, 11) is -1.84. The van der Waals surface area contributed by atoms with Crippen LogP contribution in [0.15, 0.2) is 29.3 Å². The Morgan fingerprint density at radius 2 is 1.86 bits per heavy atom. The van der Waals surface area contributed by atoms with Crippen molar-refractivity contribution in [3.05, 3.63) is 29.4 Å². The molecule has 1 aromatic carbocycles. The summed E-state index contributed by atoms with van der Waals surface area (Å²) in [6, 6.07) is 5.25. The Balaban J connectivity index is 1.43. The molecule has 0 radical (unpaired) electrons. The van der Waals surface area contributed by atoms with Gasteiger partial charge >= 0.3 is 12.1 Å². The molecule has 43 heavy (non-hydrogen) atoms. The van der Waals surface area contributed by atoms with Crippen LogP contribution < -0.4 is 20.7 Å². The fourth-order valence-corrected chi connectivity index (χ4v) is 8.47. The van der Waals surface area contributed by atoms with Gasteiger partial charge in [-0.1, -0.05) is 6.07 Å². The van der Waals surface area contributed by atoms with E-state index in [4.69, 9.17) is 9.72 Å². The standard InChI is InChI=1S/C30H46N6O5S2/c1-19(2)41-29(38)34-22-13-14-24(26(16-22)43(39,40)35-30(3,4)5)25-18-31-27(42-25)20-9-11-21(12-10-20)33-28(37)32-17-23-8-7-15-36(23)6/h13-14,16,18-21,23,35H,7-12,15,17H2,1-6H3,(H,34,38)(H2,32,33,37)/t20-,21-,23-/m0/s1. The Bertz CT molecular complexity index is 1380. The summed E-state index contributed by atoms with van der Waals surface area (Å²) in [5.41, 5.74) is 0.132. The minimum Gasteiger partial charge on any atom is -0.447 e. The van der Waals surface area contributed by atoms with E-state index in [1.807, 2.05) is 0 Å². The fraction of sp³-hybridized carbons (Fsp3) is 0.633. The average molecular weight is 635 g/mol. The number of ether oxygens (including phenoxy) is 1. The third-order valence-electron chi connectivity index (χ3n) is 7.67. The zero-order valence-corrected chi connectivity index (χ0v) is 27.7. The zero-order valence-electron chi connectivity index (χ0n) is 26.0. The van der Waals surface area contributed by atoms with Crippen molar-refractivity contribution >= 4 is 39.2 Å². The molecular weight excluding hydrogens is 589 g/mol. The highest BCUT2D eigenvalue weighted by atomic mass is 32.2. The molecule has 2 fully saturated rings. The number of anilines is 1. The molecule has 2 aliphatic rings. The first kappa shape index (κ1) is 33.2. The van der Waals surface area contributed by atoms with Gasteiger partial charge in [0.2, 0.25) is 10.0 Å². The molecule has 238 valence electrons. The number of nitrogens with zero attached hydrogens (tertiary/aromatic N) is 2. The first-order valence-corrected chi connectivity index (χ1v) is 17.4. The van der Waals surface area contributed by atoms with Crippen LogP contribution in [-0.2, 0) is 14.8 Å². The van der Waals surface area contributed by atoms with Crippen molar-refractivity contribution in [3.8, 4) is 10.4 Å². The van der Waals surface area contributed by atoms with Crippen molar-refractivity contribution in [3.63, 3.8) is 0 Å². The lowest BCUT2D eigenvalue weighted by Crippen LogP contribution is -2.47. The maximum atomic E-state index is 13.5. The maximum absolute atomic E-state index is 13.5. The summed E-state index contributed by atoms with van der Waals surface area (Å²) in [5.74, 6) is 0.242. The first-order valence-electron chi connectivity index (χ1n) is 15.1. The number of carbonyl (C=O) groups is 2. The second kappa shape index (κ2) is 13.9. The molecule has 0 unspecified atom stereocenters. The van der Waals surface area contributed by atoms with Crippen molar-refractivity contribution in [1.29, 1.82) is 0 Å². The number of likely N-dealkylation sites (tertiary alicyclic amines) is 1. The van der Waals surface area contributed by atoms with Gasteiger partial charge in [-0.25, -0.2) is 27.7 Å². The largest absolute Gasteiger partial charge is 0.447 e. The highest BCUT2D eigenvalue weighted by Gasteiger charge is 2.29. The van der Waals surface area contributed by atoms with Crippen molar-refractivity contribution in [2.45, 2.75) is 108 Å². The smallest absolute Gasteiger partial charge is 0.411 e. The number of benzene rings is 1. The Kier molecular flexibility index (Phi) is 10.7. The molecule has 0 bridgehead atoms. The van der Waals surface area contributed by atoms with Crippen molar-refractivity contribution in [2.75, 3.05) is 25.5 Å². The van der Waals surface area contributed by atoms with Gasteiger partial charge in [0.15, 0.2) is 0 Å². The van der Waals surface area contributed by atoms with E-state index >= 15 is 0 Å². The van der Waals surface area contributed by atoms with E-state index in [9.17, 15) is 18.0 Å². The minimum atomic E-state index is -3.94. The predicted octanol–water partition coefficient (Wildman–Crippen LogP) is 5.26. The molecule has 4 rings (SSSR count). The summed E-state index contributed by atoms with van der Waals surface area (Å²) in [5, 5.41) is 9.75. The molecule has 1 aliphatic carbocycles. The van der Waals surface area contributed by atoms with Crippen LogP contribution in [0.25, 0.3) is 10.4 Å². The van der Waals surface area contributed by atoms with Gasteiger partial charge in [-0.2, -0.15) is 0 Å². The Labute approximate surface area is 259 Å². The Morgan fingerprint density at radius 1 is 1.14 bits per heavy atom. The summed E-state index contributed by atoms with van der Waals surface area (Å²) < 4.78 is 34.9. The van der Waals surface area contributed by atoms with Crippen LogP contribution >= 0.6 is 11.3 Å². The van der Waals surface area contributed by atoms with E-state index in [1.165, 1.54) is 23.8 Å². The van der Waals surface area contributed by atoms with Crippen LogP contribution in [0.3, 0.4) is 0 Å². The van der Waals surface area contributed by atoms with Crippen LogP contribution in [0.5, 0.6) is 0 Å². The fourth-order valence-electron chi connectivity index (χ4n) is 5.62. The van der Waals surface area contributed by atoms with Gasteiger partial charge in [-0.3, -0.25) is 5.32 Å². The van der Waals surface area contributed by atoms with Gasteiger partial charge in [0, 0.05) is 47.5 Å². The maximum Gasteiger partial charge on any atom is 0.411 e. The van der Waals surface area contributed by atoms with Crippen LogP contribution in [0.1, 0.15) is 84.1 Å². The van der Waals surface area contributed by atoms with Gasteiger partial charge < -0.3 is 20.3 Å². The van der Waals surface area contributed by atoms with Crippen molar-refractivity contribution < 1.29 is 22.7 Å². The van der Waals surface area contributed by atoms with Crippen LogP contribution in [0.2, 0.25) is 0 Å². The quantitative estimate of drug-likeness (QED) is 0.295. The van der Waals surface area contributed by atoms with Crippen molar-refractivity contribution in [1.82, 2.24) is 25.2 Å². The normalized spacial score (nSPS) is 21.5. The van der Waals surface area contributed by atoms with Crippen LogP contribution in [0.4, 0.5) is 15.3 Å². The molecule has 1 atom stereocenters. The lowest BCUT2D eigenvalue weighted by atomic mass is 9.86. The number of rotatable bonds is 9. The number of aromatic nitrogens is 1. The highest BCUT2D eigenvalue weighted by Crippen LogP contribution is 2.40. The second-order valence-corrected chi connectivity index (χ2v) is 15.6. The summed E-state index contributed by atoms with van der Waals surface area (Å²) >= 11 is 1.49. The van der Waals surface area contributed by atoms with Gasteiger partial charge in [0.25, 0.3) is 0 Å². The van der Waals surface area contributed by atoms with Crippen LogP contribution in [0, 0.1) is 0 Å². The van der Waals surface area contributed by atoms with Gasteiger partial charge in [0.1, 0.15) is 0 Å². The number of likely N-dealkylation sites (N-methyl/N-ethyl adjacent to an activating group) is 1. The van der Waals surface area contributed by atoms with Gasteiger partial charge in [0.05, 0.1) is 20.9 Å². The van der Waals surface area contributed by atoms with Crippen molar-refractivity contribution in [2.24, 2.45) is 0 Å². The zero-order chi connectivity index (χ0) is 31.4. The topological polar surface area (TPSA) is 142 Å². The van der Waals surface area contributed by atoms with Gasteiger partial charge in [-0.05, 0) is 98.9 Å². The number of hydrogen-bond acceptors (Lipinski definition) is 8. The average Bonchev–Trinajstić information content (AvgIpc) is 3.55. The molecule has 2 heterocycles. The van der Waals surface area contributed by atoms with E-state index in [2.05, 4.69) is 32.6 Å². The van der Waals surface area contributed by atoms with E-state index < -0.39 is 21.7 Å². The first-order chi connectivity index (χ1) is 20.2. The number of sulfonamides is 1. The number of amides is 3. The molecule has 0 spiro atoms. The molecule has 1 aliphatic heterocycles. The van der Waals surface area contributed by atoms with Crippen LogP contribution in [-0.4, -0.2) is 74.3 Å². The Hall–Kier alpha value is -2.74. The summed E-state index contributed by atoms with van der Waals surface area (Å²) in [6.07, 6.45) is 6.55. The predicted molar refractivity (Wildman–Crippen MR) is 170 cm³/mol. The lowest BCUT2D eigenvalue weighted by Gasteiger charge is -2.28. The minimum absolute atomic E-state index is 0.0580. The molecule has 4 N–H and O–H groups in total. The number of nitrogens with one attached hydrogen (secondary N) is 4. The molecule has 1 aromatic heterocycles. The monoisotopic (exact) mass is 634 g/mol. The molecule has 11 nitrogen and oxygen atoms in total. The number of hydrogen-bond donors (Lipinski definition) is 4. The molecule has 1 saturated carbocycles. The highest BCUT2D eigenvalue weighted by molar-refractivity contribution is 7.89. The number of urea groups is 1. The molecule has 2 aromatic rings. The SMILES string of the molecule is CC(C)OC(=O)Nc1ccc(-c2cnc([C@H]3CC[C@H](NC(=O)NC[C@@H]4CCCN4C)CC3)s2)c(S(=O)(=O)NC(C)(C)C)c1. The number of carbonyl (C=O) groups excluding carboxylic acids is 2. The number of thiazole rings is 1. The van der Waals surface area contributed by atoms with Gasteiger partial charge in [-0.15, -0.1) is 11.3 Å². The third kappa shape index (κ3) is 9.37. The van der Waals surface area contributed by atoms with E-state index in [-0.39, 0.29) is 29.0 Å². The van der Waals surface area contributed by atoms with E-state index in [1.54, 1.807) is 52.9 Å². The third-order valence-corrected chi connectivity index (χ3v) is 10.7. The summed E-state index contributed by atoms with van der Waals surface area (Å²) in [4.78, 5) is 32.5. The van der Waals surface area contributed by atoms with E-state index in [0.717, 1.165) is 48.5 Å². The Morgan fingerprint density at radius 3 is 2.49 bits per heavy atom. The molecule has 1 saturated heterocycles. The summed E-state index contributed by atoms with van der Waals surface area (Å²) in [6.45, 7) is 10.6. The van der Waals surface area contributed by atoms with E-state index in [0.29, 0.717) is 23.8 Å². The molecular formula is C30H46N6O5S2. The lowest BCUT2D eigenvalue weighted by molar-refractivity contribution is 0.130. The second-order valence-electron chi connectivity index (χ2n) is 12.9.